The molecule has 3 aromatic heterocycles. The minimum atomic E-state index is 0.864. The van der Waals surface area contributed by atoms with Crippen LogP contribution in [0.15, 0.2) is 174 Å². The smallest absolute Gasteiger partial charge is 0.159 e. The first-order valence-electron chi connectivity index (χ1n) is 16.3. The number of hydrogen-bond acceptors (Lipinski definition) is 2. The number of furan rings is 1. The molecule has 10 rings (SSSR count). The van der Waals surface area contributed by atoms with Crippen LogP contribution in [0.4, 0.5) is 0 Å². The van der Waals surface area contributed by atoms with Crippen LogP contribution >= 0.6 is 0 Å². The number of fused-ring (bicyclic) bond motifs is 7. The van der Waals surface area contributed by atoms with E-state index in [-0.39, 0.29) is 0 Å². The van der Waals surface area contributed by atoms with Crippen molar-refractivity contribution in [2.45, 2.75) is 0 Å². The van der Waals surface area contributed by atoms with E-state index in [1.165, 1.54) is 21.9 Å². The molecule has 0 atom stereocenters. The van der Waals surface area contributed by atoms with Gasteiger partial charge in [-0.1, -0.05) is 127 Å². The highest BCUT2D eigenvalue weighted by Gasteiger charge is 2.20. The van der Waals surface area contributed by atoms with Crippen molar-refractivity contribution in [2.75, 3.05) is 0 Å². The topological polar surface area (TPSA) is 31.0 Å². The fourth-order valence-corrected chi connectivity index (χ4v) is 7.44. The predicted octanol–water partition coefficient (Wildman–Crippen LogP) is 12.2. The van der Waals surface area contributed by atoms with Crippen molar-refractivity contribution in [3.05, 3.63) is 170 Å². The van der Waals surface area contributed by atoms with Crippen molar-refractivity contribution in [2.24, 2.45) is 0 Å². The van der Waals surface area contributed by atoms with Crippen LogP contribution in [0.2, 0.25) is 0 Å². The summed E-state index contributed by atoms with van der Waals surface area (Å²) >= 11 is 0. The lowest BCUT2D eigenvalue weighted by Gasteiger charge is -2.10. The van der Waals surface area contributed by atoms with Gasteiger partial charge in [0.15, 0.2) is 5.58 Å². The number of benzene rings is 7. The lowest BCUT2D eigenvalue weighted by Crippen LogP contribution is -1.94. The SMILES string of the molecule is c1ccc(-c2cc(-c3ccc4c(c3)oc3c(-n5c6ccccc6c6c(-c7ccccc7)cccc65)cccc34)c3ccccc3n2)cc1. The highest BCUT2D eigenvalue weighted by Crippen LogP contribution is 2.42. The zero-order chi connectivity index (χ0) is 31.6. The molecular formula is C45H28N2O. The van der Waals surface area contributed by atoms with Gasteiger partial charge in [-0.15, -0.1) is 0 Å². The maximum atomic E-state index is 6.87. The summed E-state index contributed by atoms with van der Waals surface area (Å²) < 4.78 is 9.24. The molecule has 0 saturated carbocycles. The first-order valence-corrected chi connectivity index (χ1v) is 16.3. The molecule has 0 N–H and O–H groups in total. The molecule has 224 valence electrons. The Morgan fingerprint density at radius 3 is 1.98 bits per heavy atom. The molecule has 3 nitrogen and oxygen atoms in total. The normalized spacial score (nSPS) is 11.8. The summed E-state index contributed by atoms with van der Waals surface area (Å²) in [6, 6.07) is 60.0. The van der Waals surface area contributed by atoms with E-state index in [2.05, 4.69) is 168 Å². The number of rotatable bonds is 4. The van der Waals surface area contributed by atoms with Crippen LogP contribution < -0.4 is 0 Å². The quantitative estimate of drug-likeness (QED) is 0.198. The molecule has 0 aliphatic heterocycles. The van der Waals surface area contributed by atoms with E-state index in [0.717, 1.165) is 71.9 Å². The molecule has 0 aliphatic rings. The van der Waals surface area contributed by atoms with Crippen LogP contribution in [0, 0.1) is 0 Å². The molecule has 0 saturated heterocycles. The first-order chi connectivity index (χ1) is 23.8. The standard InChI is InChI=1S/C45H28N2O/c1-3-13-29(14-4-1)32-19-11-23-41-44(32)36-18-8-10-22-40(36)47(41)42-24-12-20-35-34-26-25-31(27-43(34)48-45(35)42)37-28-39(30-15-5-2-6-16-30)46-38-21-9-7-17-33(37)38/h1-28H. The maximum Gasteiger partial charge on any atom is 0.159 e. The molecule has 0 aliphatic carbocycles. The largest absolute Gasteiger partial charge is 0.454 e. The molecular weight excluding hydrogens is 585 g/mol. The highest BCUT2D eigenvalue weighted by molar-refractivity contribution is 6.17. The van der Waals surface area contributed by atoms with E-state index in [4.69, 9.17) is 9.40 Å². The van der Waals surface area contributed by atoms with Crippen LogP contribution in [-0.2, 0) is 0 Å². The van der Waals surface area contributed by atoms with Crippen molar-refractivity contribution in [1.82, 2.24) is 9.55 Å². The zero-order valence-electron chi connectivity index (χ0n) is 26.0. The number of para-hydroxylation sites is 3. The molecule has 7 aromatic carbocycles. The summed E-state index contributed by atoms with van der Waals surface area (Å²) in [5, 5.41) is 5.79. The van der Waals surface area contributed by atoms with E-state index >= 15 is 0 Å². The molecule has 0 spiro atoms. The average molecular weight is 613 g/mol. The Morgan fingerprint density at radius 2 is 1.12 bits per heavy atom. The molecule has 3 heteroatoms. The Hall–Kier alpha value is -6.45. The lowest BCUT2D eigenvalue weighted by atomic mass is 9.97. The summed E-state index contributed by atoms with van der Waals surface area (Å²) in [5.41, 5.74) is 12.8. The monoisotopic (exact) mass is 612 g/mol. The van der Waals surface area contributed by atoms with E-state index in [9.17, 15) is 0 Å². The van der Waals surface area contributed by atoms with Gasteiger partial charge in [0.05, 0.1) is 27.9 Å². The molecule has 0 amide bonds. The van der Waals surface area contributed by atoms with E-state index in [0.29, 0.717) is 0 Å². The second kappa shape index (κ2) is 10.5. The summed E-state index contributed by atoms with van der Waals surface area (Å²) in [7, 11) is 0. The fourth-order valence-electron chi connectivity index (χ4n) is 7.44. The molecule has 0 bridgehead atoms. The van der Waals surface area contributed by atoms with Crippen LogP contribution in [0.25, 0.3) is 93.8 Å². The second-order valence-electron chi connectivity index (χ2n) is 12.3. The minimum Gasteiger partial charge on any atom is -0.454 e. The van der Waals surface area contributed by atoms with Gasteiger partial charge in [0, 0.05) is 32.5 Å². The predicted molar refractivity (Wildman–Crippen MR) is 200 cm³/mol. The van der Waals surface area contributed by atoms with Gasteiger partial charge in [-0.05, 0) is 64.7 Å². The van der Waals surface area contributed by atoms with Crippen molar-refractivity contribution >= 4 is 54.6 Å². The minimum absolute atomic E-state index is 0.864. The highest BCUT2D eigenvalue weighted by atomic mass is 16.3. The zero-order valence-corrected chi connectivity index (χ0v) is 26.0. The summed E-state index contributed by atoms with van der Waals surface area (Å²) in [6.45, 7) is 0. The Morgan fingerprint density at radius 1 is 0.438 bits per heavy atom. The van der Waals surface area contributed by atoms with E-state index in [1.807, 2.05) is 6.07 Å². The Labute approximate surface area is 277 Å². The Balaban J connectivity index is 1.20. The van der Waals surface area contributed by atoms with Gasteiger partial charge in [0.2, 0.25) is 0 Å². The third-order valence-electron chi connectivity index (χ3n) is 9.60. The van der Waals surface area contributed by atoms with Crippen LogP contribution in [0.3, 0.4) is 0 Å². The number of pyridine rings is 1. The number of hydrogen-bond donors (Lipinski definition) is 0. The van der Waals surface area contributed by atoms with Crippen LogP contribution in [0.5, 0.6) is 0 Å². The van der Waals surface area contributed by atoms with Gasteiger partial charge >= 0.3 is 0 Å². The van der Waals surface area contributed by atoms with E-state index < -0.39 is 0 Å². The van der Waals surface area contributed by atoms with Gasteiger partial charge in [0.1, 0.15) is 5.58 Å². The van der Waals surface area contributed by atoms with Gasteiger partial charge in [-0.3, -0.25) is 0 Å². The van der Waals surface area contributed by atoms with Gasteiger partial charge in [0.25, 0.3) is 0 Å². The molecule has 48 heavy (non-hydrogen) atoms. The first kappa shape index (κ1) is 26.7. The van der Waals surface area contributed by atoms with Crippen molar-refractivity contribution in [3.63, 3.8) is 0 Å². The van der Waals surface area contributed by atoms with Crippen LogP contribution in [0.1, 0.15) is 0 Å². The lowest BCUT2D eigenvalue weighted by molar-refractivity contribution is 0.666. The summed E-state index contributed by atoms with van der Waals surface area (Å²) in [6.07, 6.45) is 0. The van der Waals surface area contributed by atoms with Gasteiger partial charge in [-0.25, -0.2) is 4.98 Å². The molecule has 0 fully saturated rings. The van der Waals surface area contributed by atoms with Crippen molar-refractivity contribution in [1.29, 1.82) is 0 Å². The molecule has 0 unspecified atom stereocenters. The van der Waals surface area contributed by atoms with Crippen molar-refractivity contribution in [3.8, 4) is 39.2 Å². The number of aromatic nitrogens is 2. The fraction of sp³-hybridized carbons (Fsp3) is 0. The van der Waals surface area contributed by atoms with Gasteiger partial charge in [-0.2, -0.15) is 0 Å². The van der Waals surface area contributed by atoms with Crippen molar-refractivity contribution < 1.29 is 4.42 Å². The second-order valence-corrected chi connectivity index (χ2v) is 12.3. The molecule has 0 radical (unpaired) electrons. The maximum absolute atomic E-state index is 6.87. The van der Waals surface area contributed by atoms with E-state index in [1.54, 1.807) is 0 Å². The Bertz CT molecular complexity index is 2830. The average Bonchev–Trinajstić information content (AvgIpc) is 3.71. The Kier molecular flexibility index (Phi) is 5.87. The van der Waals surface area contributed by atoms with Gasteiger partial charge < -0.3 is 8.98 Å². The third kappa shape index (κ3) is 4.04. The third-order valence-corrected chi connectivity index (χ3v) is 9.60. The summed E-state index contributed by atoms with van der Waals surface area (Å²) in [4.78, 5) is 5.02. The molecule has 10 aromatic rings. The molecule has 3 heterocycles. The van der Waals surface area contributed by atoms with Crippen LogP contribution in [-0.4, -0.2) is 9.55 Å². The number of nitrogens with zero attached hydrogens (tertiary/aromatic N) is 2. The summed E-state index contributed by atoms with van der Waals surface area (Å²) in [5.74, 6) is 0.